The van der Waals surface area contributed by atoms with Gasteiger partial charge in [-0.3, -0.25) is 4.98 Å². The van der Waals surface area contributed by atoms with Crippen LogP contribution in [0.3, 0.4) is 0 Å². The van der Waals surface area contributed by atoms with E-state index < -0.39 is 10.2 Å². The Bertz CT molecular complexity index is 571. The number of aromatic nitrogens is 1. The van der Waals surface area contributed by atoms with E-state index in [2.05, 4.69) is 4.98 Å². The zero-order valence-corrected chi connectivity index (χ0v) is 13.5. The number of rotatable bonds is 4. The van der Waals surface area contributed by atoms with Crippen molar-refractivity contribution in [1.29, 1.82) is 0 Å². The van der Waals surface area contributed by atoms with Crippen molar-refractivity contribution in [2.24, 2.45) is 0 Å². The summed E-state index contributed by atoms with van der Waals surface area (Å²) in [7, 11) is -3.34. The fourth-order valence-corrected chi connectivity index (χ4v) is 4.79. The van der Waals surface area contributed by atoms with Crippen LogP contribution in [0.5, 0.6) is 5.75 Å². The Kier molecular flexibility index (Phi) is 4.95. The molecule has 0 N–H and O–H groups in total. The Hall–Kier alpha value is -1.18. The molecule has 2 aliphatic rings. The van der Waals surface area contributed by atoms with Crippen molar-refractivity contribution in [3.8, 4) is 5.75 Å². The van der Waals surface area contributed by atoms with Gasteiger partial charge in [0.1, 0.15) is 11.9 Å². The number of hydrogen-bond acceptors (Lipinski definition) is 4. The highest BCUT2D eigenvalue weighted by Gasteiger charge is 2.36. The third-order valence-electron chi connectivity index (χ3n) is 4.26. The summed E-state index contributed by atoms with van der Waals surface area (Å²) in [5.41, 5.74) is 0. The van der Waals surface area contributed by atoms with Gasteiger partial charge in [0.2, 0.25) is 0 Å². The van der Waals surface area contributed by atoms with Crippen LogP contribution >= 0.6 is 0 Å². The van der Waals surface area contributed by atoms with Gasteiger partial charge >= 0.3 is 0 Å². The summed E-state index contributed by atoms with van der Waals surface area (Å²) in [5, 5.41) is 0. The molecule has 3 rings (SSSR count). The van der Waals surface area contributed by atoms with Crippen molar-refractivity contribution < 1.29 is 13.2 Å². The van der Waals surface area contributed by atoms with Crippen molar-refractivity contribution in [3.05, 3.63) is 24.5 Å². The predicted octanol–water partition coefficient (Wildman–Crippen LogP) is 1.66. The van der Waals surface area contributed by atoms with Crippen LogP contribution in [-0.4, -0.2) is 54.3 Å². The SMILES string of the molecule is O=S(=O)(N1CCCCCC1)N1CC[C@H](Oc2cccnc2)C1. The van der Waals surface area contributed by atoms with Gasteiger partial charge in [0, 0.05) is 25.8 Å². The summed E-state index contributed by atoms with van der Waals surface area (Å²) in [6.45, 7) is 2.25. The lowest BCUT2D eigenvalue weighted by Crippen LogP contribution is -2.43. The minimum absolute atomic E-state index is 0.0917. The zero-order valence-electron chi connectivity index (χ0n) is 12.7. The van der Waals surface area contributed by atoms with Gasteiger partial charge in [0.15, 0.2) is 0 Å². The van der Waals surface area contributed by atoms with Crippen LogP contribution in [0, 0.1) is 0 Å². The van der Waals surface area contributed by atoms with Gasteiger partial charge in [-0.05, 0) is 31.4 Å². The highest BCUT2D eigenvalue weighted by Crippen LogP contribution is 2.23. The molecule has 22 heavy (non-hydrogen) atoms. The second-order valence-corrected chi connectivity index (χ2v) is 7.82. The van der Waals surface area contributed by atoms with E-state index in [1.165, 1.54) is 0 Å². The molecule has 2 aliphatic heterocycles. The lowest BCUT2D eigenvalue weighted by Gasteiger charge is -2.26. The van der Waals surface area contributed by atoms with Crippen molar-refractivity contribution in [2.75, 3.05) is 26.2 Å². The van der Waals surface area contributed by atoms with E-state index in [1.807, 2.05) is 12.1 Å². The van der Waals surface area contributed by atoms with E-state index in [1.54, 1.807) is 21.0 Å². The van der Waals surface area contributed by atoms with Crippen LogP contribution in [0.25, 0.3) is 0 Å². The summed E-state index contributed by atoms with van der Waals surface area (Å²) in [5.74, 6) is 0.696. The minimum Gasteiger partial charge on any atom is -0.487 e. The van der Waals surface area contributed by atoms with Crippen molar-refractivity contribution in [3.63, 3.8) is 0 Å². The molecule has 0 saturated carbocycles. The number of hydrogen-bond donors (Lipinski definition) is 0. The molecule has 1 aromatic heterocycles. The van der Waals surface area contributed by atoms with Crippen LogP contribution < -0.4 is 4.74 Å². The maximum absolute atomic E-state index is 12.7. The van der Waals surface area contributed by atoms with Gasteiger partial charge in [0.25, 0.3) is 10.2 Å². The average Bonchev–Trinajstić information content (AvgIpc) is 2.82. The number of pyridine rings is 1. The largest absolute Gasteiger partial charge is 0.487 e. The number of ether oxygens (including phenoxy) is 1. The van der Waals surface area contributed by atoms with Crippen LogP contribution in [0.4, 0.5) is 0 Å². The van der Waals surface area contributed by atoms with E-state index in [0.29, 0.717) is 31.9 Å². The van der Waals surface area contributed by atoms with E-state index >= 15 is 0 Å². The van der Waals surface area contributed by atoms with Crippen LogP contribution in [0.15, 0.2) is 24.5 Å². The normalized spacial score (nSPS) is 25.0. The Morgan fingerprint density at radius 1 is 1.09 bits per heavy atom. The molecule has 6 nitrogen and oxygen atoms in total. The molecule has 2 saturated heterocycles. The standard InChI is InChI=1S/C15H23N3O3S/c19-22(20,17-9-3-1-2-4-10-17)18-11-7-15(13-18)21-14-6-5-8-16-12-14/h5-6,8,12,15H,1-4,7,9-11,13H2/t15-/m0/s1. The molecular formula is C15H23N3O3S. The summed E-state index contributed by atoms with van der Waals surface area (Å²) in [6.07, 6.45) is 8.15. The molecule has 1 aromatic rings. The molecule has 0 radical (unpaired) electrons. The Balaban J connectivity index is 1.61. The van der Waals surface area contributed by atoms with Gasteiger partial charge in [-0.15, -0.1) is 0 Å². The Labute approximate surface area is 132 Å². The average molecular weight is 325 g/mol. The Morgan fingerprint density at radius 2 is 1.86 bits per heavy atom. The van der Waals surface area contributed by atoms with E-state index in [0.717, 1.165) is 32.1 Å². The van der Waals surface area contributed by atoms with Crippen LogP contribution in [0.1, 0.15) is 32.1 Å². The molecule has 0 aliphatic carbocycles. The third-order valence-corrected chi connectivity index (χ3v) is 6.26. The molecule has 0 bridgehead atoms. The maximum Gasteiger partial charge on any atom is 0.282 e. The molecule has 0 unspecified atom stereocenters. The molecule has 7 heteroatoms. The molecule has 122 valence electrons. The highest BCUT2D eigenvalue weighted by atomic mass is 32.2. The van der Waals surface area contributed by atoms with Gasteiger partial charge in [-0.2, -0.15) is 17.0 Å². The summed E-state index contributed by atoms with van der Waals surface area (Å²) in [4.78, 5) is 4.01. The minimum atomic E-state index is -3.34. The smallest absolute Gasteiger partial charge is 0.282 e. The highest BCUT2D eigenvalue weighted by molar-refractivity contribution is 7.86. The fraction of sp³-hybridized carbons (Fsp3) is 0.667. The third kappa shape index (κ3) is 3.59. The fourth-order valence-electron chi connectivity index (χ4n) is 3.05. The lowest BCUT2D eigenvalue weighted by atomic mass is 10.2. The monoisotopic (exact) mass is 325 g/mol. The topological polar surface area (TPSA) is 62.7 Å². The number of nitrogens with zero attached hydrogens (tertiary/aromatic N) is 3. The van der Waals surface area contributed by atoms with E-state index in [9.17, 15) is 8.42 Å². The van der Waals surface area contributed by atoms with Crippen molar-refractivity contribution >= 4 is 10.2 Å². The van der Waals surface area contributed by atoms with Crippen LogP contribution in [0.2, 0.25) is 0 Å². The summed E-state index contributed by atoms with van der Waals surface area (Å²) >= 11 is 0. The first kappa shape index (κ1) is 15.7. The molecule has 0 amide bonds. The molecule has 1 atom stereocenters. The van der Waals surface area contributed by atoms with Gasteiger partial charge in [0.05, 0.1) is 12.7 Å². The van der Waals surface area contributed by atoms with Gasteiger partial charge < -0.3 is 4.74 Å². The Morgan fingerprint density at radius 3 is 2.55 bits per heavy atom. The van der Waals surface area contributed by atoms with Gasteiger partial charge in [-0.1, -0.05) is 12.8 Å². The second kappa shape index (κ2) is 6.93. The van der Waals surface area contributed by atoms with Crippen molar-refractivity contribution in [2.45, 2.75) is 38.2 Å². The summed E-state index contributed by atoms with van der Waals surface area (Å²) < 4.78 is 34.5. The maximum atomic E-state index is 12.7. The van der Waals surface area contributed by atoms with Gasteiger partial charge in [-0.25, -0.2) is 0 Å². The van der Waals surface area contributed by atoms with E-state index in [-0.39, 0.29) is 6.10 Å². The molecule has 0 aromatic carbocycles. The molecule has 0 spiro atoms. The lowest BCUT2D eigenvalue weighted by molar-refractivity contribution is 0.213. The summed E-state index contributed by atoms with van der Waals surface area (Å²) in [6, 6.07) is 3.66. The zero-order chi connectivity index (χ0) is 15.4. The first-order chi connectivity index (χ1) is 10.7. The second-order valence-electron chi connectivity index (χ2n) is 5.90. The first-order valence-electron chi connectivity index (χ1n) is 7.98. The van der Waals surface area contributed by atoms with E-state index in [4.69, 9.17) is 4.74 Å². The van der Waals surface area contributed by atoms with Crippen molar-refractivity contribution in [1.82, 2.24) is 13.6 Å². The molecular weight excluding hydrogens is 302 g/mol. The predicted molar refractivity (Wildman–Crippen MR) is 83.8 cm³/mol. The van der Waals surface area contributed by atoms with Crippen LogP contribution in [-0.2, 0) is 10.2 Å². The molecule has 2 fully saturated rings. The molecule has 3 heterocycles. The quantitative estimate of drug-likeness (QED) is 0.844. The first-order valence-corrected chi connectivity index (χ1v) is 9.38.